The summed E-state index contributed by atoms with van der Waals surface area (Å²) in [7, 11) is 0. The van der Waals surface area contributed by atoms with E-state index in [1.807, 2.05) is 0 Å². The van der Waals surface area contributed by atoms with Gasteiger partial charge in [-0.1, -0.05) is 41.9 Å². The van der Waals surface area contributed by atoms with Crippen molar-refractivity contribution in [3.05, 3.63) is 65.2 Å². The van der Waals surface area contributed by atoms with Crippen LogP contribution in [-0.4, -0.2) is 45.3 Å². The number of carbonyl (C=O) groups excluding carboxylic acids is 1. The number of benzene rings is 2. The van der Waals surface area contributed by atoms with Crippen molar-refractivity contribution in [2.45, 2.75) is 25.0 Å². The topological polar surface area (TPSA) is 65.8 Å². The zero-order chi connectivity index (χ0) is 22.3. The summed E-state index contributed by atoms with van der Waals surface area (Å²) in [6.45, 7) is 0. The first-order valence-electron chi connectivity index (χ1n) is 9.07. The van der Waals surface area contributed by atoms with E-state index in [2.05, 4.69) is 10.1 Å². The maximum Gasteiger partial charge on any atom is 0.287 e. The Bertz CT molecular complexity index is 1190. The molecule has 0 radical (unpaired) electrons. The number of fused-ring (bicyclic) bond motifs is 1. The number of para-hydroxylation sites is 1. The van der Waals surface area contributed by atoms with Crippen molar-refractivity contribution < 1.29 is 27.5 Å². The van der Waals surface area contributed by atoms with Crippen molar-refractivity contribution in [1.82, 2.24) is 9.99 Å². The zero-order valence-corrected chi connectivity index (χ0v) is 16.4. The van der Waals surface area contributed by atoms with E-state index in [0.29, 0.717) is 27.2 Å². The Hall–Kier alpha value is -3.04. The van der Waals surface area contributed by atoms with Crippen molar-refractivity contribution >= 4 is 34.1 Å². The molecule has 1 unspecified atom stereocenters. The lowest BCUT2D eigenvalue weighted by molar-refractivity contribution is -0.164. The van der Waals surface area contributed by atoms with E-state index in [0.717, 1.165) is 0 Å². The van der Waals surface area contributed by atoms with Gasteiger partial charge in [-0.25, -0.2) is 22.5 Å². The maximum atomic E-state index is 13.6. The Labute approximate surface area is 178 Å². The minimum atomic E-state index is -3.51. The van der Waals surface area contributed by atoms with Crippen LogP contribution in [0.1, 0.15) is 16.8 Å². The minimum Gasteiger partial charge on any atom is -0.364 e. The molecule has 5 nitrogen and oxygen atoms in total. The van der Waals surface area contributed by atoms with Crippen LogP contribution >= 0.6 is 11.6 Å². The van der Waals surface area contributed by atoms with Gasteiger partial charge in [0.2, 0.25) is 5.72 Å². The van der Waals surface area contributed by atoms with Gasteiger partial charge in [0.15, 0.2) is 0 Å². The summed E-state index contributed by atoms with van der Waals surface area (Å²) < 4.78 is 53.4. The first kappa shape index (κ1) is 21.2. The van der Waals surface area contributed by atoms with Crippen LogP contribution in [0.2, 0.25) is 5.02 Å². The van der Waals surface area contributed by atoms with Gasteiger partial charge in [-0.05, 0) is 24.3 Å². The third-order valence-electron chi connectivity index (χ3n) is 4.92. The summed E-state index contributed by atoms with van der Waals surface area (Å²) in [5, 5.41) is 14.5. The number of rotatable bonds is 4. The summed E-state index contributed by atoms with van der Waals surface area (Å²) >= 11 is 5.91. The number of halogens is 5. The molecule has 1 aliphatic rings. The average Bonchev–Trinajstić information content (AvgIpc) is 3.12. The van der Waals surface area contributed by atoms with E-state index in [-0.39, 0.29) is 10.6 Å². The second-order valence-corrected chi connectivity index (χ2v) is 7.38. The molecule has 31 heavy (non-hydrogen) atoms. The highest BCUT2D eigenvalue weighted by Crippen LogP contribution is 2.36. The highest BCUT2D eigenvalue weighted by Gasteiger charge is 2.53. The lowest BCUT2D eigenvalue weighted by atomic mass is 10.0. The number of hydrogen-bond acceptors (Lipinski definition) is 4. The molecular formula is C21H14ClF4N3O2. The number of hydrazone groups is 1. The summed E-state index contributed by atoms with van der Waals surface area (Å²) in [6.07, 6.45) is -7.86. The Morgan fingerprint density at radius 3 is 2.42 bits per heavy atom. The van der Waals surface area contributed by atoms with Gasteiger partial charge in [0.05, 0.1) is 16.8 Å². The third-order valence-corrected chi connectivity index (χ3v) is 5.17. The number of nitrogens with zero attached hydrogens (tertiary/aromatic N) is 3. The van der Waals surface area contributed by atoms with Crippen LogP contribution in [0.3, 0.4) is 0 Å². The fourth-order valence-electron chi connectivity index (χ4n) is 3.34. The van der Waals surface area contributed by atoms with Gasteiger partial charge in [-0.2, -0.15) is 10.1 Å². The smallest absolute Gasteiger partial charge is 0.287 e. The minimum absolute atomic E-state index is 0.0482. The average molecular weight is 452 g/mol. The van der Waals surface area contributed by atoms with Crippen LogP contribution in [0.4, 0.5) is 17.6 Å². The molecule has 1 amide bonds. The molecule has 10 heteroatoms. The van der Waals surface area contributed by atoms with Crippen LogP contribution in [0, 0.1) is 0 Å². The Kier molecular flexibility index (Phi) is 5.40. The van der Waals surface area contributed by atoms with Gasteiger partial charge in [-0.15, -0.1) is 0 Å². The Morgan fingerprint density at radius 1 is 1.10 bits per heavy atom. The fourth-order valence-corrected chi connectivity index (χ4v) is 3.46. The quantitative estimate of drug-likeness (QED) is 0.569. The van der Waals surface area contributed by atoms with E-state index in [1.54, 1.807) is 42.5 Å². The van der Waals surface area contributed by atoms with Crippen LogP contribution in [0.25, 0.3) is 22.2 Å². The van der Waals surface area contributed by atoms with Crippen LogP contribution < -0.4 is 0 Å². The molecule has 0 spiro atoms. The third kappa shape index (κ3) is 3.75. The summed E-state index contributed by atoms with van der Waals surface area (Å²) in [6, 6.07) is 14.3. The van der Waals surface area contributed by atoms with E-state index in [9.17, 15) is 27.5 Å². The van der Waals surface area contributed by atoms with Gasteiger partial charge in [0.1, 0.15) is 5.71 Å². The lowest BCUT2D eigenvalue weighted by Crippen LogP contribution is -2.51. The van der Waals surface area contributed by atoms with Crippen LogP contribution in [0.5, 0.6) is 0 Å². The van der Waals surface area contributed by atoms with Crippen LogP contribution in [0.15, 0.2) is 59.7 Å². The number of amides is 1. The van der Waals surface area contributed by atoms with Crippen molar-refractivity contribution in [2.24, 2.45) is 5.10 Å². The van der Waals surface area contributed by atoms with Crippen molar-refractivity contribution in [2.75, 3.05) is 0 Å². The summed E-state index contributed by atoms with van der Waals surface area (Å²) in [5.41, 5.74) is -2.99. The van der Waals surface area contributed by atoms with Crippen molar-refractivity contribution in [3.63, 3.8) is 0 Å². The van der Waals surface area contributed by atoms with Gasteiger partial charge < -0.3 is 5.11 Å². The highest BCUT2D eigenvalue weighted by molar-refractivity contribution is 6.30. The Balaban J connectivity index is 1.88. The molecule has 3 aromatic rings. The van der Waals surface area contributed by atoms with Crippen LogP contribution in [-0.2, 0) is 0 Å². The number of hydrogen-bond donors (Lipinski definition) is 1. The van der Waals surface area contributed by atoms with Gasteiger partial charge in [-0.3, -0.25) is 4.79 Å². The molecule has 4 rings (SSSR count). The Morgan fingerprint density at radius 2 is 1.77 bits per heavy atom. The van der Waals surface area contributed by atoms with Gasteiger partial charge in [0, 0.05) is 22.4 Å². The largest absolute Gasteiger partial charge is 0.364 e. The molecule has 2 heterocycles. The molecular weight excluding hydrogens is 438 g/mol. The van der Waals surface area contributed by atoms with E-state index in [1.165, 1.54) is 12.1 Å². The van der Waals surface area contributed by atoms with Gasteiger partial charge in [0.25, 0.3) is 18.8 Å². The van der Waals surface area contributed by atoms with Gasteiger partial charge >= 0.3 is 0 Å². The number of aromatic nitrogens is 1. The number of aliphatic hydroxyl groups is 1. The van der Waals surface area contributed by atoms with Crippen molar-refractivity contribution in [1.29, 1.82) is 0 Å². The fraction of sp³-hybridized carbons (Fsp3) is 0.190. The van der Waals surface area contributed by atoms with E-state index in [4.69, 9.17) is 11.6 Å². The first-order chi connectivity index (χ1) is 14.7. The number of pyridine rings is 1. The molecule has 160 valence electrons. The molecule has 0 fully saturated rings. The molecule has 1 N–H and O–H groups in total. The molecule has 0 saturated carbocycles. The highest BCUT2D eigenvalue weighted by atomic mass is 35.5. The first-order valence-corrected chi connectivity index (χ1v) is 9.45. The normalized spacial score (nSPS) is 18.8. The predicted molar refractivity (Wildman–Crippen MR) is 107 cm³/mol. The molecule has 1 aromatic heterocycles. The zero-order valence-electron chi connectivity index (χ0n) is 15.6. The van der Waals surface area contributed by atoms with E-state index >= 15 is 0 Å². The predicted octanol–water partition coefficient (Wildman–Crippen LogP) is 4.98. The number of carbonyl (C=O) groups is 1. The second-order valence-electron chi connectivity index (χ2n) is 6.94. The molecule has 1 atom stereocenters. The second kappa shape index (κ2) is 7.90. The summed E-state index contributed by atoms with van der Waals surface area (Å²) in [5.74, 6) is -1.15. The standard InChI is InChI=1S/C21H14ClF4N3O2/c22-12-7-5-11(6-8-12)16-9-14(13-3-1-2-4-15(13)27-16)19(30)29-21(31,20(25)26)10-17(28-29)18(23)24/h1-9,18,20,31H,10H2. The summed E-state index contributed by atoms with van der Waals surface area (Å²) in [4.78, 5) is 17.7. The van der Waals surface area contributed by atoms with E-state index < -0.39 is 36.6 Å². The molecule has 0 saturated heterocycles. The lowest BCUT2D eigenvalue weighted by Gasteiger charge is -2.30. The molecule has 0 aliphatic carbocycles. The monoisotopic (exact) mass is 451 g/mol. The SMILES string of the molecule is O=C(c1cc(-c2ccc(Cl)cc2)nc2ccccc12)N1N=C(C(F)F)CC1(O)C(F)F. The molecule has 0 bridgehead atoms. The molecule has 2 aromatic carbocycles. The maximum absolute atomic E-state index is 13.6. The van der Waals surface area contributed by atoms with Crippen molar-refractivity contribution in [3.8, 4) is 11.3 Å². The number of alkyl halides is 4. The molecule has 1 aliphatic heterocycles.